The molecule has 2 rings (SSSR count). The van der Waals surface area contributed by atoms with E-state index in [9.17, 15) is 0 Å². The van der Waals surface area contributed by atoms with Crippen molar-refractivity contribution in [3.8, 4) is 0 Å². The van der Waals surface area contributed by atoms with Gasteiger partial charge in [0.25, 0.3) is 0 Å². The molecule has 1 unspecified atom stereocenters. The highest BCUT2D eigenvalue weighted by molar-refractivity contribution is 9.10. The van der Waals surface area contributed by atoms with Gasteiger partial charge in [0.1, 0.15) is 5.82 Å². The van der Waals surface area contributed by atoms with Gasteiger partial charge in [-0.25, -0.2) is 4.98 Å². The molecule has 0 amide bonds. The van der Waals surface area contributed by atoms with E-state index in [1.54, 1.807) is 7.11 Å². The maximum Gasteiger partial charge on any atom is 0.203 e. The second-order valence-corrected chi connectivity index (χ2v) is 5.85. The van der Waals surface area contributed by atoms with Crippen LogP contribution in [0.2, 0.25) is 0 Å². The highest BCUT2D eigenvalue weighted by Gasteiger charge is 2.09. The lowest BCUT2D eigenvalue weighted by Crippen LogP contribution is -2.06. The first-order valence-corrected chi connectivity index (χ1v) is 7.59. The maximum absolute atomic E-state index is 5.02. The number of benzene rings is 1. The standard InChI is InChI=1S/C13H16BrN3OS/c1-9(10-4-3-5-11(14)8-10)15-13-16-12(17-19-13)6-7-18-2/h3-5,8-9H,6-7H2,1-2H3,(H,15,16,17). The summed E-state index contributed by atoms with van der Waals surface area (Å²) < 4.78 is 10.4. The average molecular weight is 342 g/mol. The molecule has 6 heteroatoms. The van der Waals surface area contributed by atoms with Crippen molar-refractivity contribution in [1.29, 1.82) is 0 Å². The lowest BCUT2D eigenvalue weighted by atomic mass is 10.1. The van der Waals surface area contributed by atoms with E-state index in [0.717, 1.165) is 21.8 Å². The molecule has 4 nitrogen and oxygen atoms in total. The molecule has 2 aromatic rings. The number of hydrogen-bond acceptors (Lipinski definition) is 5. The second kappa shape index (κ2) is 6.98. The van der Waals surface area contributed by atoms with Crippen molar-refractivity contribution in [3.05, 3.63) is 40.1 Å². The van der Waals surface area contributed by atoms with E-state index in [1.165, 1.54) is 17.1 Å². The number of nitrogens with one attached hydrogen (secondary N) is 1. The molecule has 0 fully saturated rings. The Balaban J connectivity index is 1.98. The van der Waals surface area contributed by atoms with Crippen LogP contribution < -0.4 is 5.32 Å². The summed E-state index contributed by atoms with van der Waals surface area (Å²) in [7, 11) is 1.68. The van der Waals surface area contributed by atoms with E-state index in [0.29, 0.717) is 6.61 Å². The van der Waals surface area contributed by atoms with Crippen LogP contribution in [0.15, 0.2) is 28.7 Å². The third kappa shape index (κ3) is 4.26. The van der Waals surface area contributed by atoms with Gasteiger partial charge in [0.15, 0.2) is 0 Å². The van der Waals surface area contributed by atoms with Crippen molar-refractivity contribution in [2.75, 3.05) is 19.0 Å². The lowest BCUT2D eigenvalue weighted by Gasteiger charge is -2.13. The van der Waals surface area contributed by atoms with Gasteiger partial charge < -0.3 is 10.1 Å². The van der Waals surface area contributed by atoms with Crippen molar-refractivity contribution < 1.29 is 4.74 Å². The van der Waals surface area contributed by atoms with Crippen LogP contribution in [0.1, 0.15) is 24.4 Å². The largest absolute Gasteiger partial charge is 0.384 e. The van der Waals surface area contributed by atoms with E-state index in [-0.39, 0.29) is 6.04 Å². The molecule has 1 heterocycles. The first-order chi connectivity index (χ1) is 9.19. The van der Waals surface area contributed by atoms with Crippen LogP contribution in [0.5, 0.6) is 0 Å². The number of anilines is 1. The molecule has 1 atom stereocenters. The molecule has 0 spiro atoms. The summed E-state index contributed by atoms with van der Waals surface area (Å²) in [6.45, 7) is 2.76. The summed E-state index contributed by atoms with van der Waals surface area (Å²) in [5.74, 6) is 0.829. The van der Waals surface area contributed by atoms with Gasteiger partial charge in [0.2, 0.25) is 5.13 Å². The molecular formula is C13H16BrN3OS. The quantitative estimate of drug-likeness (QED) is 0.870. The van der Waals surface area contributed by atoms with Gasteiger partial charge in [0.05, 0.1) is 12.6 Å². The Bertz CT molecular complexity index is 532. The summed E-state index contributed by atoms with van der Waals surface area (Å²) in [5.41, 5.74) is 1.21. The number of hydrogen-bond donors (Lipinski definition) is 1. The molecule has 1 N–H and O–H groups in total. The number of methoxy groups -OCH3 is 1. The fourth-order valence-electron chi connectivity index (χ4n) is 1.65. The van der Waals surface area contributed by atoms with E-state index in [1.807, 2.05) is 12.1 Å². The molecule has 0 bridgehead atoms. The molecule has 0 saturated heterocycles. The summed E-state index contributed by atoms with van der Waals surface area (Å²) in [5, 5.41) is 4.21. The topological polar surface area (TPSA) is 47.0 Å². The maximum atomic E-state index is 5.02. The number of rotatable bonds is 6. The van der Waals surface area contributed by atoms with Gasteiger partial charge in [-0.05, 0) is 24.6 Å². The van der Waals surface area contributed by atoms with Crippen LogP contribution in [0.3, 0.4) is 0 Å². The van der Waals surface area contributed by atoms with Crippen LogP contribution in [0.25, 0.3) is 0 Å². The Kier molecular flexibility index (Phi) is 5.30. The van der Waals surface area contributed by atoms with Gasteiger partial charge in [-0.2, -0.15) is 4.37 Å². The minimum atomic E-state index is 0.195. The van der Waals surface area contributed by atoms with E-state index >= 15 is 0 Å². The van der Waals surface area contributed by atoms with Crippen LogP contribution in [0.4, 0.5) is 5.13 Å². The van der Waals surface area contributed by atoms with Crippen LogP contribution >= 0.6 is 27.5 Å². The molecule has 0 saturated carbocycles. The Morgan fingerprint density at radius 2 is 2.32 bits per heavy atom. The summed E-state index contributed by atoms with van der Waals surface area (Å²) >= 11 is 4.87. The first kappa shape index (κ1) is 14.4. The third-order valence-corrected chi connectivity index (χ3v) is 3.86. The number of ether oxygens (including phenoxy) is 1. The number of halogens is 1. The fourth-order valence-corrected chi connectivity index (χ4v) is 2.77. The molecule has 102 valence electrons. The van der Waals surface area contributed by atoms with Gasteiger partial charge in [0, 0.05) is 29.5 Å². The van der Waals surface area contributed by atoms with Gasteiger partial charge >= 0.3 is 0 Å². The van der Waals surface area contributed by atoms with Crippen molar-refractivity contribution >= 4 is 32.6 Å². The average Bonchev–Trinajstić information content (AvgIpc) is 2.84. The molecule has 19 heavy (non-hydrogen) atoms. The zero-order chi connectivity index (χ0) is 13.7. The number of nitrogens with zero attached hydrogens (tertiary/aromatic N) is 2. The minimum absolute atomic E-state index is 0.195. The summed E-state index contributed by atoms with van der Waals surface area (Å²) in [6, 6.07) is 8.44. The fraction of sp³-hybridized carbons (Fsp3) is 0.385. The number of aromatic nitrogens is 2. The minimum Gasteiger partial charge on any atom is -0.384 e. The highest BCUT2D eigenvalue weighted by Crippen LogP contribution is 2.23. The summed E-state index contributed by atoms with van der Waals surface area (Å²) in [6.07, 6.45) is 0.750. The Morgan fingerprint density at radius 3 is 3.05 bits per heavy atom. The van der Waals surface area contributed by atoms with Gasteiger partial charge in [-0.15, -0.1) is 0 Å². The monoisotopic (exact) mass is 341 g/mol. The summed E-state index contributed by atoms with van der Waals surface area (Å²) in [4.78, 5) is 4.44. The normalized spacial score (nSPS) is 12.4. The molecule has 0 radical (unpaired) electrons. The van der Waals surface area contributed by atoms with Crippen LogP contribution in [-0.2, 0) is 11.2 Å². The third-order valence-electron chi connectivity index (χ3n) is 2.69. The Hall–Kier alpha value is -0.980. The zero-order valence-electron chi connectivity index (χ0n) is 10.9. The molecule has 0 aliphatic rings. The van der Waals surface area contributed by atoms with Crippen LogP contribution in [0, 0.1) is 0 Å². The van der Waals surface area contributed by atoms with E-state index in [2.05, 4.69) is 49.7 Å². The Morgan fingerprint density at radius 1 is 1.47 bits per heavy atom. The predicted octanol–water partition coefficient (Wildman–Crippen LogP) is 3.66. The Labute approximate surface area is 125 Å². The SMILES string of the molecule is COCCc1nsc(NC(C)c2cccc(Br)c2)n1. The second-order valence-electron chi connectivity index (χ2n) is 4.18. The lowest BCUT2D eigenvalue weighted by molar-refractivity contribution is 0.201. The van der Waals surface area contributed by atoms with E-state index in [4.69, 9.17) is 4.74 Å². The molecule has 1 aromatic carbocycles. The smallest absolute Gasteiger partial charge is 0.203 e. The van der Waals surface area contributed by atoms with Crippen molar-refractivity contribution in [3.63, 3.8) is 0 Å². The van der Waals surface area contributed by atoms with Crippen molar-refractivity contribution in [2.24, 2.45) is 0 Å². The van der Waals surface area contributed by atoms with Crippen molar-refractivity contribution in [1.82, 2.24) is 9.36 Å². The molecule has 0 aliphatic carbocycles. The molecule has 1 aromatic heterocycles. The van der Waals surface area contributed by atoms with Gasteiger partial charge in [-0.1, -0.05) is 28.1 Å². The molecular weight excluding hydrogens is 326 g/mol. The predicted molar refractivity (Wildman–Crippen MR) is 81.7 cm³/mol. The van der Waals surface area contributed by atoms with E-state index < -0.39 is 0 Å². The zero-order valence-corrected chi connectivity index (χ0v) is 13.3. The van der Waals surface area contributed by atoms with Crippen LogP contribution in [-0.4, -0.2) is 23.1 Å². The van der Waals surface area contributed by atoms with Crippen molar-refractivity contribution in [2.45, 2.75) is 19.4 Å². The highest BCUT2D eigenvalue weighted by atomic mass is 79.9. The molecule has 0 aliphatic heterocycles. The first-order valence-electron chi connectivity index (χ1n) is 6.02. The van der Waals surface area contributed by atoms with Gasteiger partial charge in [-0.3, -0.25) is 0 Å².